The molecule has 18 heavy (non-hydrogen) atoms. The van der Waals surface area contributed by atoms with Crippen LogP contribution in [0.3, 0.4) is 0 Å². The monoisotopic (exact) mass is 253 g/mol. The van der Waals surface area contributed by atoms with Gasteiger partial charge in [-0.2, -0.15) is 0 Å². The van der Waals surface area contributed by atoms with Gasteiger partial charge >= 0.3 is 5.97 Å². The zero-order chi connectivity index (χ0) is 13.6. The van der Waals surface area contributed by atoms with Gasteiger partial charge in [0.1, 0.15) is 11.5 Å². The second-order valence-corrected chi connectivity index (χ2v) is 3.95. The maximum Gasteiger partial charge on any atom is 0.352 e. The molecule has 0 bridgehead atoms. The molecule has 2 aromatic rings. The van der Waals surface area contributed by atoms with Crippen molar-refractivity contribution in [1.82, 2.24) is 4.57 Å². The number of rotatable bonds is 1. The molecule has 0 saturated carbocycles. The summed E-state index contributed by atoms with van der Waals surface area (Å²) in [6, 6.07) is 1.52. The van der Waals surface area contributed by atoms with Gasteiger partial charge in [0.05, 0.1) is 10.9 Å². The molecule has 2 rings (SSSR count). The van der Waals surface area contributed by atoms with E-state index in [0.717, 1.165) is 10.6 Å². The van der Waals surface area contributed by atoms with Crippen LogP contribution in [0.25, 0.3) is 10.9 Å². The average Bonchev–Trinajstić information content (AvgIpc) is 2.24. The molecule has 1 aromatic heterocycles. The quantitative estimate of drug-likeness (QED) is 0.843. The first-order valence-corrected chi connectivity index (χ1v) is 5.06. The second-order valence-electron chi connectivity index (χ2n) is 3.95. The lowest BCUT2D eigenvalue weighted by Gasteiger charge is -2.12. The van der Waals surface area contributed by atoms with Crippen LogP contribution in [0.15, 0.2) is 16.9 Å². The predicted octanol–water partition coefficient (Wildman–Crippen LogP) is 1.82. The van der Waals surface area contributed by atoms with Crippen LogP contribution >= 0.6 is 0 Å². The van der Waals surface area contributed by atoms with E-state index in [0.29, 0.717) is 6.07 Å². The number of carbonyl (C=O) groups is 1. The van der Waals surface area contributed by atoms with E-state index < -0.39 is 23.0 Å². The standard InChI is InChI=1S/C12H9F2NO3/c1-5-9(12(17)18)15(2)10-7(11(5)16)3-6(13)4-8(10)14/h3-4H,1-2H3,(H,17,18). The highest BCUT2D eigenvalue weighted by Gasteiger charge is 2.19. The highest BCUT2D eigenvalue weighted by molar-refractivity contribution is 5.92. The van der Waals surface area contributed by atoms with E-state index in [1.807, 2.05) is 0 Å². The SMILES string of the molecule is Cc1c(C(=O)O)n(C)c2c(F)cc(F)cc2c1=O. The van der Waals surface area contributed by atoms with Crippen molar-refractivity contribution in [2.24, 2.45) is 7.05 Å². The van der Waals surface area contributed by atoms with Crippen LogP contribution in [0.2, 0.25) is 0 Å². The summed E-state index contributed by atoms with van der Waals surface area (Å²) in [5.74, 6) is -3.18. The Bertz CT molecular complexity index is 734. The molecule has 0 aliphatic carbocycles. The number of nitrogens with zero attached hydrogens (tertiary/aromatic N) is 1. The lowest BCUT2D eigenvalue weighted by atomic mass is 10.1. The van der Waals surface area contributed by atoms with Gasteiger partial charge in [-0.1, -0.05) is 0 Å². The Morgan fingerprint density at radius 3 is 2.50 bits per heavy atom. The summed E-state index contributed by atoms with van der Waals surface area (Å²) in [5, 5.41) is 8.85. The number of aryl methyl sites for hydroxylation is 1. The van der Waals surface area contributed by atoms with Gasteiger partial charge in [-0.3, -0.25) is 4.79 Å². The van der Waals surface area contributed by atoms with Crippen LogP contribution in [0.5, 0.6) is 0 Å². The summed E-state index contributed by atoms with van der Waals surface area (Å²) in [5.41, 5.74) is -1.26. The smallest absolute Gasteiger partial charge is 0.352 e. The summed E-state index contributed by atoms with van der Waals surface area (Å²) in [7, 11) is 1.32. The van der Waals surface area contributed by atoms with E-state index >= 15 is 0 Å². The predicted molar refractivity (Wildman–Crippen MR) is 60.8 cm³/mol. The number of halogens is 2. The van der Waals surface area contributed by atoms with Gasteiger partial charge in [0.2, 0.25) is 0 Å². The molecule has 0 amide bonds. The summed E-state index contributed by atoms with van der Waals surface area (Å²) >= 11 is 0. The molecule has 0 fully saturated rings. The van der Waals surface area contributed by atoms with Gasteiger partial charge in [-0.25, -0.2) is 13.6 Å². The largest absolute Gasteiger partial charge is 0.477 e. The Labute approximate surface area is 100 Å². The van der Waals surface area contributed by atoms with Gasteiger partial charge < -0.3 is 9.67 Å². The van der Waals surface area contributed by atoms with Crippen LogP contribution in [0, 0.1) is 18.6 Å². The number of hydrogen-bond acceptors (Lipinski definition) is 2. The average molecular weight is 253 g/mol. The third-order valence-electron chi connectivity index (χ3n) is 2.84. The Kier molecular flexibility index (Phi) is 2.65. The molecule has 0 spiro atoms. The Morgan fingerprint density at radius 2 is 1.94 bits per heavy atom. The van der Waals surface area contributed by atoms with Crippen molar-refractivity contribution < 1.29 is 18.7 Å². The van der Waals surface area contributed by atoms with E-state index in [9.17, 15) is 18.4 Å². The van der Waals surface area contributed by atoms with Gasteiger partial charge in [-0.05, 0) is 13.0 Å². The first kappa shape index (κ1) is 12.2. The summed E-state index contributed by atoms with van der Waals surface area (Å²) in [6.07, 6.45) is 0. The number of aromatic nitrogens is 1. The normalized spacial score (nSPS) is 10.9. The van der Waals surface area contributed by atoms with Crippen LogP contribution in [-0.2, 0) is 7.05 Å². The zero-order valence-electron chi connectivity index (χ0n) is 9.62. The topological polar surface area (TPSA) is 59.3 Å². The van der Waals surface area contributed by atoms with E-state index in [2.05, 4.69) is 0 Å². The third-order valence-corrected chi connectivity index (χ3v) is 2.84. The number of carboxylic acids is 1. The first-order valence-electron chi connectivity index (χ1n) is 5.06. The van der Waals surface area contributed by atoms with Crippen molar-refractivity contribution >= 4 is 16.9 Å². The molecular formula is C12H9F2NO3. The van der Waals surface area contributed by atoms with Crippen molar-refractivity contribution in [2.75, 3.05) is 0 Å². The number of hydrogen-bond donors (Lipinski definition) is 1. The molecule has 0 atom stereocenters. The molecule has 1 heterocycles. The highest BCUT2D eigenvalue weighted by atomic mass is 19.1. The third kappa shape index (κ3) is 1.57. The maximum absolute atomic E-state index is 13.7. The van der Waals surface area contributed by atoms with Crippen LogP contribution in [-0.4, -0.2) is 15.6 Å². The Balaban J connectivity index is 3.13. The van der Waals surface area contributed by atoms with E-state index in [1.165, 1.54) is 14.0 Å². The zero-order valence-corrected chi connectivity index (χ0v) is 9.62. The summed E-state index contributed by atoms with van der Waals surface area (Å²) in [4.78, 5) is 23.0. The highest BCUT2D eigenvalue weighted by Crippen LogP contribution is 2.19. The first-order chi connectivity index (χ1) is 8.34. The molecule has 1 aromatic carbocycles. The van der Waals surface area contributed by atoms with E-state index in [-0.39, 0.29) is 22.2 Å². The van der Waals surface area contributed by atoms with Crippen LogP contribution in [0.4, 0.5) is 8.78 Å². The Hall–Kier alpha value is -2.24. The molecule has 0 aliphatic rings. The second kappa shape index (κ2) is 3.90. The summed E-state index contributed by atoms with van der Waals surface area (Å²) < 4.78 is 27.8. The minimum atomic E-state index is -1.34. The van der Waals surface area contributed by atoms with Gasteiger partial charge in [0.15, 0.2) is 11.2 Å². The fourth-order valence-corrected chi connectivity index (χ4v) is 2.06. The number of carboxylic acid groups (broad SMARTS) is 1. The van der Waals surface area contributed by atoms with Crippen molar-refractivity contribution in [3.8, 4) is 0 Å². The van der Waals surface area contributed by atoms with Crippen molar-refractivity contribution in [2.45, 2.75) is 6.92 Å². The maximum atomic E-state index is 13.7. The van der Waals surface area contributed by atoms with E-state index in [4.69, 9.17) is 5.11 Å². The minimum Gasteiger partial charge on any atom is -0.477 e. The molecule has 1 N–H and O–H groups in total. The number of benzene rings is 1. The molecule has 0 unspecified atom stereocenters. The van der Waals surface area contributed by atoms with Gasteiger partial charge in [-0.15, -0.1) is 0 Å². The minimum absolute atomic E-state index is 0.0532. The molecule has 0 saturated heterocycles. The molecule has 6 heteroatoms. The molecule has 0 radical (unpaired) electrons. The number of aromatic carboxylic acids is 1. The van der Waals surface area contributed by atoms with Crippen molar-refractivity contribution in [3.63, 3.8) is 0 Å². The molecule has 0 aliphatic heterocycles. The van der Waals surface area contributed by atoms with E-state index in [1.54, 1.807) is 0 Å². The van der Waals surface area contributed by atoms with Crippen molar-refractivity contribution in [1.29, 1.82) is 0 Å². The lowest BCUT2D eigenvalue weighted by Crippen LogP contribution is -2.21. The van der Waals surface area contributed by atoms with Gasteiger partial charge in [0.25, 0.3) is 0 Å². The van der Waals surface area contributed by atoms with Gasteiger partial charge in [0, 0.05) is 18.7 Å². The molecule has 94 valence electrons. The summed E-state index contributed by atoms with van der Waals surface area (Å²) in [6.45, 7) is 1.31. The van der Waals surface area contributed by atoms with Crippen LogP contribution < -0.4 is 5.43 Å². The molecule has 4 nitrogen and oxygen atoms in total. The Morgan fingerprint density at radius 1 is 1.33 bits per heavy atom. The number of fused-ring (bicyclic) bond motifs is 1. The van der Waals surface area contributed by atoms with Crippen LogP contribution in [0.1, 0.15) is 16.1 Å². The number of pyridine rings is 1. The fourth-order valence-electron chi connectivity index (χ4n) is 2.06. The lowest BCUT2D eigenvalue weighted by molar-refractivity contribution is 0.0685. The fraction of sp³-hybridized carbons (Fsp3) is 0.167. The molecular weight excluding hydrogens is 244 g/mol. The van der Waals surface area contributed by atoms with Crippen molar-refractivity contribution in [3.05, 3.63) is 45.2 Å².